The van der Waals surface area contributed by atoms with Gasteiger partial charge in [-0.25, -0.2) is 4.98 Å². The number of carbonyl (C=O) groups is 1. The highest BCUT2D eigenvalue weighted by Crippen LogP contribution is 2.22. The lowest BCUT2D eigenvalue weighted by Crippen LogP contribution is -2.13. The minimum absolute atomic E-state index is 0.0889. The molecular weight excluding hydrogens is 350 g/mol. The number of nitro benzene ring substituents is 1. The van der Waals surface area contributed by atoms with E-state index in [4.69, 9.17) is 11.6 Å². The molecule has 1 amide bonds. The third-order valence-electron chi connectivity index (χ3n) is 2.32. The zero-order valence-electron chi connectivity index (χ0n) is 9.84. The van der Waals surface area contributed by atoms with Crippen molar-refractivity contribution in [3.8, 4) is 0 Å². The van der Waals surface area contributed by atoms with E-state index in [1.165, 1.54) is 18.3 Å². The van der Waals surface area contributed by atoms with E-state index >= 15 is 0 Å². The number of nitro groups is 1. The second kappa shape index (κ2) is 5.98. The van der Waals surface area contributed by atoms with Gasteiger partial charge in [0.2, 0.25) is 0 Å². The molecule has 0 bridgehead atoms. The van der Waals surface area contributed by atoms with Gasteiger partial charge >= 0.3 is 0 Å². The van der Waals surface area contributed by atoms with Crippen LogP contribution in [0.25, 0.3) is 0 Å². The van der Waals surface area contributed by atoms with E-state index in [0.29, 0.717) is 5.82 Å². The summed E-state index contributed by atoms with van der Waals surface area (Å²) in [4.78, 5) is 26.1. The van der Waals surface area contributed by atoms with Crippen molar-refractivity contribution in [3.63, 3.8) is 0 Å². The van der Waals surface area contributed by atoms with Gasteiger partial charge < -0.3 is 5.32 Å². The van der Waals surface area contributed by atoms with Gasteiger partial charge in [-0.2, -0.15) is 0 Å². The zero-order chi connectivity index (χ0) is 14.7. The van der Waals surface area contributed by atoms with Gasteiger partial charge in [0.05, 0.1) is 4.92 Å². The van der Waals surface area contributed by atoms with Crippen LogP contribution >= 0.6 is 27.5 Å². The van der Waals surface area contributed by atoms with E-state index in [2.05, 4.69) is 26.2 Å². The molecule has 1 N–H and O–H groups in total. The highest BCUT2D eigenvalue weighted by molar-refractivity contribution is 9.10. The van der Waals surface area contributed by atoms with E-state index in [9.17, 15) is 14.9 Å². The van der Waals surface area contributed by atoms with Crippen LogP contribution in [0, 0.1) is 10.1 Å². The molecule has 0 saturated carbocycles. The van der Waals surface area contributed by atoms with Gasteiger partial charge in [-0.15, -0.1) is 0 Å². The third-order valence-corrected chi connectivity index (χ3v) is 3.03. The van der Waals surface area contributed by atoms with Crippen molar-refractivity contribution in [1.82, 2.24) is 4.98 Å². The molecule has 8 heteroatoms. The maximum absolute atomic E-state index is 12.0. The molecule has 0 aliphatic heterocycles. The number of benzene rings is 1. The summed E-state index contributed by atoms with van der Waals surface area (Å²) in [6.07, 6.45) is 1.51. The summed E-state index contributed by atoms with van der Waals surface area (Å²) in [5.41, 5.74) is -0.157. The van der Waals surface area contributed by atoms with Crippen LogP contribution in [0.1, 0.15) is 10.4 Å². The van der Waals surface area contributed by atoms with E-state index < -0.39 is 10.8 Å². The van der Waals surface area contributed by atoms with Crippen molar-refractivity contribution in [3.05, 3.63) is 61.7 Å². The normalized spacial score (nSPS) is 10.1. The Bertz CT molecular complexity index is 693. The zero-order valence-corrected chi connectivity index (χ0v) is 12.2. The van der Waals surface area contributed by atoms with Gasteiger partial charge in [0.25, 0.3) is 11.6 Å². The number of amides is 1. The molecule has 102 valence electrons. The van der Waals surface area contributed by atoms with Crippen LogP contribution in [0.5, 0.6) is 0 Å². The Labute approximate surface area is 127 Å². The Morgan fingerprint density at radius 2 is 2.10 bits per heavy atom. The molecule has 20 heavy (non-hydrogen) atoms. The smallest absolute Gasteiger partial charge is 0.271 e. The fraction of sp³-hybridized carbons (Fsp3) is 0. The molecule has 1 aromatic carbocycles. The maximum atomic E-state index is 12.0. The van der Waals surface area contributed by atoms with Crippen molar-refractivity contribution in [2.24, 2.45) is 0 Å². The summed E-state index contributed by atoms with van der Waals surface area (Å²) in [5, 5.41) is 13.4. The molecule has 0 unspecified atom stereocenters. The highest BCUT2D eigenvalue weighted by atomic mass is 79.9. The fourth-order valence-electron chi connectivity index (χ4n) is 1.47. The molecule has 0 aliphatic carbocycles. The average molecular weight is 357 g/mol. The van der Waals surface area contributed by atoms with Crippen molar-refractivity contribution in [1.29, 1.82) is 0 Å². The Kier molecular flexibility index (Phi) is 4.31. The minimum Gasteiger partial charge on any atom is -0.307 e. The number of nitrogens with one attached hydrogen (secondary N) is 1. The van der Waals surface area contributed by atoms with E-state index in [0.717, 1.165) is 10.5 Å². The first kappa shape index (κ1) is 14.4. The van der Waals surface area contributed by atoms with Gasteiger partial charge in [0, 0.05) is 33.4 Å². The van der Waals surface area contributed by atoms with Crippen molar-refractivity contribution in [2.45, 2.75) is 0 Å². The standard InChI is InChI=1S/C12H7BrClN3O3/c13-8-1-2-15-11(5-8)16-12(18)7-3-9(14)6-10(4-7)17(19)20/h1-6H,(H,15,16,18). The number of anilines is 1. The first-order valence-electron chi connectivity index (χ1n) is 5.33. The lowest BCUT2D eigenvalue weighted by molar-refractivity contribution is -0.384. The molecule has 0 saturated heterocycles. The SMILES string of the molecule is O=C(Nc1cc(Br)ccn1)c1cc(Cl)cc([N+](=O)[O-])c1. The maximum Gasteiger partial charge on any atom is 0.271 e. The molecule has 0 radical (unpaired) electrons. The molecule has 0 fully saturated rings. The summed E-state index contributed by atoms with van der Waals surface area (Å²) < 4.78 is 0.750. The number of halogens is 2. The molecule has 2 aromatic rings. The van der Waals surface area contributed by atoms with Crippen LogP contribution in [0.15, 0.2) is 41.0 Å². The highest BCUT2D eigenvalue weighted by Gasteiger charge is 2.14. The monoisotopic (exact) mass is 355 g/mol. The van der Waals surface area contributed by atoms with E-state index in [1.54, 1.807) is 12.1 Å². The predicted molar refractivity (Wildman–Crippen MR) is 78.0 cm³/mol. The molecule has 0 aliphatic rings. The molecular formula is C12H7BrClN3O3. The van der Waals surface area contributed by atoms with Crippen LogP contribution in [-0.2, 0) is 0 Å². The van der Waals surface area contributed by atoms with Crippen LogP contribution in [0.3, 0.4) is 0 Å². The van der Waals surface area contributed by atoms with Crippen molar-refractivity contribution < 1.29 is 9.72 Å². The van der Waals surface area contributed by atoms with Crippen LogP contribution in [-0.4, -0.2) is 15.8 Å². The number of hydrogen-bond acceptors (Lipinski definition) is 4. The third kappa shape index (κ3) is 3.52. The topological polar surface area (TPSA) is 85.1 Å². The number of non-ortho nitro benzene ring substituents is 1. The van der Waals surface area contributed by atoms with Crippen molar-refractivity contribution in [2.75, 3.05) is 5.32 Å². The lowest BCUT2D eigenvalue weighted by Gasteiger charge is -2.05. The first-order valence-corrected chi connectivity index (χ1v) is 6.51. The van der Waals surface area contributed by atoms with E-state index in [-0.39, 0.29) is 16.3 Å². The largest absolute Gasteiger partial charge is 0.307 e. The average Bonchev–Trinajstić information content (AvgIpc) is 2.37. The summed E-state index contributed by atoms with van der Waals surface area (Å²) in [6, 6.07) is 6.99. The Balaban J connectivity index is 2.27. The number of carbonyl (C=O) groups excluding carboxylic acids is 1. The number of hydrogen-bond donors (Lipinski definition) is 1. The lowest BCUT2D eigenvalue weighted by atomic mass is 10.2. The second-order valence-corrected chi connectivity index (χ2v) is 5.12. The van der Waals surface area contributed by atoms with Gasteiger partial charge in [-0.1, -0.05) is 27.5 Å². The van der Waals surface area contributed by atoms with Gasteiger partial charge in [0.1, 0.15) is 5.82 Å². The quantitative estimate of drug-likeness (QED) is 0.672. The summed E-state index contributed by atoms with van der Waals surface area (Å²) in [7, 11) is 0. The summed E-state index contributed by atoms with van der Waals surface area (Å²) in [5.74, 6) is -0.201. The Morgan fingerprint density at radius 1 is 1.35 bits per heavy atom. The first-order chi connectivity index (χ1) is 9.45. The molecule has 1 heterocycles. The summed E-state index contributed by atoms with van der Waals surface area (Å²) in [6.45, 7) is 0. The molecule has 0 spiro atoms. The molecule has 0 atom stereocenters. The Hall–Kier alpha value is -1.99. The van der Waals surface area contributed by atoms with Crippen LogP contribution in [0.4, 0.5) is 11.5 Å². The van der Waals surface area contributed by atoms with Gasteiger partial charge in [0.15, 0.2) is 0 Å². The van der Waals surface area contributed by atoms with E-state index in [1.807, 2.05) is 0 Å². The Morgan fingerprint density at radius 3 is 2.75 bits per heavy atom. The van der Waals surface area contributed by atoms with Gasteiger partial charge in [-0.3, -0.25) is 14.9 Å². The second-order valence-electron chi connectivity index (χ2n) is 3.77. The van der Waals surface area contributed by atoms with Crippen LogP contribution in [0.2, 0.25) is 5.02 Å². The van der Waals surface area contributed by atoms with Crippen molar-refractivity contribution >= 4 is 44.9 Å². The molecule has 2 rings (SSSR count). The number of nitrogens with zero attached hydrogens (tertiary/aromatic N) is 2. The molecule has 1 aromatic heterocycles. The summed E-state index contributed by atoms with van der Waals surface area (Å²) >= 11 is 9.01. The van der Waals surface area contributed by atoms with Gasteiger partial charge in [-0.05, 0) is 18.2 Å². The number of pyridine rings is 1. The fourth-order valence-corrected chi connectivity index (χ4v) is 2.04. The predicted octanol–water partition coefficient (Wildman–Crippen LogP) is 3.66. The van der Waals surface area contributed by atoms with Crippen LogP contribution < -0.4 is 5.32 Å². The molecule has 6 nitrogen and oxygen atoms in total. The number of aromatic nitrogens is 1. The minimum atomic E-state index is -0.611. The number of rotatable bonds is 3.